The van der Waals surface area contributed by atoms with E-state index >= 15 is 0 Å². The molecule has 7 heteroatoms. The maximum Gasteiger partial charge on any atom is 0.274 e. The van der Waals surface area contributed by atoms with Crippen molar-refractivity contribution in [3.8, 4) is 5.75 Å². The molecule has 1 aromatic carbocycles. The highest BCUT2D eigenvalue weighted by molar-refractivity contribution is 6.05. The van der Waals surface area contributed by atoms with E-state index in [9.17, 15) is 14.4 Å². The number of aromatic nitrogens is 1. The SMILES string of the molecule is COc1ccc(C(=O)Nc2cc(C(=O)N3CCCC3)cn(C)c2=O)cc1. The first-order valence-corrected chi connectivity index (χ1v) is 8.45. The van der Waals surface area contributed by atoms with Gasteiger partial charge in [-0.2, -0.15) is 0 Å². The van der Waals surface area contributed by atoms with Crippen LogP contribution in [-0.4, -0.2) is 41.5 Å². The average Bonchev–Trinajstić information content (AvgIpc) is 3.19. The minimum atomic E-state index is -0.421. The molecule has 1 fully saturated rings. The predicted octanol–water partition coefficient (Wildman–Crippen LogP) is 1.88. The number of anilines is 1. The number of carbonyl (C=O) groups excluding carboxylic acids is 2. The topological polar surface area (TPSA) is 80.6 Å². The summed E-state index contributed by atoms with van der Waals surface area (Å²) in [5.41, 5.74) is 0.492. The van der Waals surface area contributed by atoms with E-state index in [-0.39, 0.29) is 17.2 Å². The molecule has 0 aliphatic carbocycles. The summed E-state index contributed by atoms with van der Waals surface area (Å²) in [4.78, 5) is 39.1. The molecule has 1 saturated heterocycles. The fraction of sp³-hybridized carbons (Fsp3) is 0.316. The standard InChI is InChI=1S/C19H21N3O4/c1-21-12-14(18(24)22-9-3-4-10-22)11-16(19(21)25)20-17(23)13-5-7-15(26-2)8-6-13/h5-8,11-12H,3-4,9-10H2,1-2H3,(H,20,23). The Morgan fingerprint density at radius 1 is 1.08 bits per heavy atom. The Morgan fingerprint density at radius 2 is 1.73 bits per heavy atom. The van der Waals surface area contributed by atoms with Gasteiger partial charge in [-0.15, -0.1) is 0 Å². The molecule has 1 aliphatic heterocycles. The smallest absolute Gasteiger partial charge is 0.274 e. The van der Waals surface area contributed by atoms with E-state index in [0.29, 0.717) is 16.9 Å². The van der Waals surface area contributed by atoms with Crippen molar-refractivity contribution in [2.75, 3.05) is 25.5 Å². The van der Waals surface area contributed by atoms with Crippen LogP contribution in [0.4, 0.5) is 5.69 Å². The van der Waals surface area contributed by atoms with Crippen LogP contribution in [-0.2, 0) is 7.05 Å². The van der Waals surface area contributed by atoms with Crippen molar-refractivity contribution in [2.24, 2.45) is 7.05 Å². The van der Waals surface area contributed by atoms with Crippen LogP contribution in [0.25, 0.3) is 0 Å². The molecule has 0 atom stereocenters. The molecule has 0 bridgehead atoms. The number of aryl methyl sites for hydroxylation is 1. The zero-order chi connectivity index (χ0) is 18.7. The molecule has 2 heterocycles. The second-order valence-corrected chi connectivity index (χ2v) is 6.24. The first kappa shape index (κ1) is 17.7. The van der Waals surface area contributed by atoms with Gasteiger partial charge in [-0.25, -0.2) is 0 Å². The molecule has 26 heavy (non-hydrogen) atoms. The molecule has 2 amide bonds. The molecule has 7 nitrogen and oxygen atoms in total. The number of pyridine rings is 1. The highest BCUT2D eigenvalue weighted by atomic mass is 16.5. The van der Waals surface area contributed by atoms with Crippen LogP contribution in [0.15, 0.2) is 41.3 Å². The van der Waals surface area contributed by atoms with Gasteiger partial charge in [-0.3, -0.25) is 14.4 Å². The van der Waals surface area contributed by atoms with E-state index in [1.54, 1.807) is 43.3 Å². The van der Waals surface area contributed by atoms with Gasteiger partial charge in [-0.1, -0.05) is 0 Å². The Balaban J connectivity index is 1.85. The van der Waals surface area contributed by atoms with Crippen LogP contribution in [0.3, 0.4) is 0 Å². The summed E-state index contributed by atoms with van der Waals surface area (Å²) in [5, 5.41) is 2.61. The maximum atomic E-state index is 12.6. The Kier molecular flexibility index (Phi) is 5.06. The lowest BCUT2D eigenvalue weighted by molar-refractivity contribution is 0.0791. The number of likely N-dealkylation sites (tertiary alicyclic amines) is 1. The zero-order valence-electron chi connectivity index (χ0n) is 14.8. The Hall–Kier alpha value is -3.09. The van der Waals surface area contributed by atoms with Gasteiger partial charge in [0, 0.05) is 31.9 Å². The minimum absolute atomic E-state index is 0.0818. The number of hydrogen-bond donors (Lipinski definition) is 1. The lowest BCUT2D eigenvalue weighted by atomic mass is 10.2. The average molecular weight is 355 g/mol. The van der Waals surface area contributed by atoms with Crippen molar-refractivity contribution in [3.63, 3.8) is 0 Å². The van der Waals surface area contributed by atoms with Gasteiger partial charge in [0.1, 0.15) is 11.4 Å². The molecule has 3 rings (SSSR count). The third-order valence-corrected chi connectivity index (χ3v) is 4.42. The maximum absolute atomic E-state index is 12.6. The van der Waals surface area contributed by atoms with Gasteiger partial charge in [0.25, 0.3) is 17.4 Å². The van der Waals surface area contributed by atoms with E-state index in [2.05, 4.69) is 5.32 Å². The predicted molar refractivity (Wildman–Crippen MR) is 97.8 cm³/mol. The lowest BCUT2D eigenvalue weighted by Crippen LogP contribution is -2.30. The number of methoxy groups -OCH3 is 1. The third kappa shape index (κ3) is 3.61. The molecule has 0 unspecified atom stereocenters. The number of carbonyl (C=O) groups is 2. The van der Waals surface area contributed by atoms with Crippen LogP contribution < -0.4 is 15.6 Å². The van der Waals surface area contributed by atoms with Crippen LogP contribution in [0.1, 0.15) is 33.6 Å². The molecule has 1 aromatic heterocycles. The first-order chi connectivity index (χ1) is 12.5. The van der Waals surface area contributed by atoms with Crippen LogP contribution >= 0.6 is 0 Å². The van der Waals surface area contributed by atoms with Gasteiger partial charge in [0.2, 0.25) is 0 Å². The zero-order valence-corrected chi connectivity index (χ0v) is 14.8. The van der Waals surface area contributed by atoms with Gasteiger partial charge >= 0.3 is 0 Å². The molecule has 0 radical (unpaired) electrons. The lowest BCUT2D eigenvalue weighted by Gasteiger charge is -2.16. The Bertz CT molecular complexity index is 881. The number of rotatable bonds is 4. The van der Waals surface area contributed by atoms with E-state index < -0.39 is 5.91 Å². The summed E-state index contributed by atoms with van der Waals surface area (Å²) in [6.07, 6.45) is 3.48. The van der Waals surface area contributed by atoms with Crippen molar-refractivity contribution in [1.82, 2.24) is 9.47 Å². The van der Waals surface area contributed by atoms with Crippen molar-refractivity contribution >= 4 is 17.5 Å². The molecular formula is C19H21N3O4. The summed E-state index contributed by atoms with van der Waals surface area (Å²) in [6.45, 7) is 1.43. The van der Waals surface area contributed by atoms with Crippen molar-refractivity contribution in [2.45, 2.75) is 12.8 Å². The molecule has 1 aliphatic rings. The fourth-order valence-electron chi connectivity index (χ4n) is 2.96. The fourth-order valence-corrected chi connectivity index (χ4v) is 2.96. The largest absolute Gasteiger partial charge is 0.497 e. The number of hydrogen-bond acceptors (Lipinski definition) is 4. The van der Waals surface area contributed by atoms with Gasteiger partial charge in [0.15, 0.2) is 0 Å². The van der Waals surface area contributed by atoms with Crippen LogP contribution in [0, 0.1) is 0 Å². The van der Waals surface area contributed by atoms with Gasteiger partial charge in [0.05, 0.1) is 12.7 Å². The van der Waals surface area contributed by atoms with Gasteiger partial charge in [-0.05, 0) is 43.2 Å². The number of amides is 2. The van der Waals surface area contributed by atoms with E-state index in [1.807, 2.05) is 0 Å². The third-order valence-electron chi connectivity index (χ3n) is 4.42. The molecule has 1 N–H and O–H groups in total. The summed E-state index contributed by atoms with van der Waals surface area (Å²) in [5.74, 6) is 0.0873. The number of benzene rings is 1. The number of ether oxygens (including phenoxy) is 1. The summed E-state index contributed by atoms with van der Waals surface area (Å²) < 4.78 is 6.38. The molecular weight excluding hydrogens is 334 g/mol. The van der Waals surface area contributed by atoms with E-state index in [0.717, 1.165) is 25.9 Å². The molecule has 2 aromatic rings. The summed E-state index contributed by atoms with van der Waals surface area (Å²) in [6, 6.07) is 8.00. The quantitative estimate of drug-likeness (QED) is 0.908. The monoisotopic (exact) mass is 355 g/mol. The number of nitrogens with zero attached hydrogens (tertiary/aromatic N) is 2. The van der Waals surface area contributed by atoms with Crippen molar-refractivity contribution in [1.29, 1.82) is 0 Å². The van der Waals surface area contributed by atoms with E-state index in [4.69, 9.17) is 4.74 Å². The Labute approximate surface area is 151 Å². The van der Waals surface area contributed by atoms with E-state index in [1.165, 1.54) is 16.8 Å². The molecule has 136 valence electrons. The summed E-state index contributed by atoms with van der Waals surface area (Å²) in [7, 11) is 3.10. The highest BCUT2D eigenvalue weighted by Gasteiger charge is 2.21. The minimum Gasteiger partial charge on any atom is -0.497 e. The molecule has 0 saturated carbocycles. The van der Waals surface area contributed by atoms with Gasteiger partial charge < -0.3 is 19.5 Å². The van der Waals surface area contributed by atoms with Crippen molar-refractivity contribution in [3.05, 3.63) is 58.0 Å². The molecule has 0 spiro atoms. The second kappa shape index (κ2) is 7.43. The van der Waals surface area contributed by atoms with Crippen LogP contribution in [0.2, 0.25) is 0 Å². The first-order valence-electron chi connectivity index (χ1n) is 8.45. The van der Waals surface area contributed by atoms with Crippen LogP contribution in [0.5, 0.6) is 5.75 Å². The van der Waals surface area contributed by atoms with Crippen molar-refractivity contribution < 1.29 is 14.3 Å². The normalized spacial score (nSPS) is 13.5. The number of nitrogens with one attached hydrogen (secondary N) is 1. The second-order valence-electron chi connectivity index (χ2n) is 6.24. The summed E-state index contributed by atoms with van der Waals surface area (Å²) >= 11 is 0. The Morgan fingerprint density at radius 3 is 2.35 bits per heavy atom. The highest BCUT2D eigenvalue weighted by Crippen LogP contribution is 2.16.